The lowest BCUT2D eigenvalue weighted by Gasteiger charge is -2.10. The van der Waals surface area contributed by atoms with Crippen molar-refractivity contribution in [2.75, 3.05) is 7.11 Å². The number of ether oxygens (including phenoxy) is 1. The smallest absolute Gasteiger partial charge is 0.249 e. The molecule has 0 radical (unpaired) electrons. The maximum absolute atomic E-state index is 11.3. The molecule has 2 rings (SSSR count). The molecule has 20 heavy (non-hydrogen) atoms. The molecule has 2 aromatic rings. The highest BCUT2D eigenvalue weighted by Gasteiger charge is 2.07. The van der Waals surface area contributed by atoms with Crippen molar-refractivity contribution < 1.29 is 9.53 Å². The Kier molecular flexibility index (Phi) is 4.68. The van der Waals surface area contributed by atoms with Crippen molar-refractivity contribution in [3.63, 3.8) is 0 Å². The maximum atomic E-state index is 11.3. The lowest BCUT2D eigenvalue weighted by Crippen LogP contribution is -2.19. The molecule has 1 amide bonds. The van der Waals surface area contributed by atoms with Gasteiger partial charge < -0.3 is 15.8 Å². The van der Waals surface area contributed by atoms with Crippen LogP contribution in [0.1, 0.15) is 21.5 Å². The van der Waals surface area contributed by atoms with Gasteiger partial charge in [-0.2, -0.15) is 0 Å². The number of hydrogen-bond donors (Lipinski definition) is 2. The minimum absolute atomic E-state index is 0.415. The van der Waals surface area contributed by atoms with E-state index in [4.69, 9.17) is 10.5 Å². The number of carbonyl (C=O) groups is 1. The SMILES string of the molecule is COc1ncccc1CNCc1ccccc1C(N)=O. The molecule has 1 aromatic heterocycles. The minimum Gasteiger partial charge on any atom is -0.481 e. The van der Waals surface area contributed by atoms with Gasteiger partial charge in [0.15, 0.2) is 0 Å². The fraction of sp³-hybridized carbons (Fsp3) is 0.200. The summed E-state index contributed by atoms with van der Waals surface area (Å²) in [5.41, 5.74) is 7.73. The van der Waals surface area contributed by atoms with E-state index in [1.54, 1.807) is 25.4 Å². The summed E-state index contributed by atoms with van der Waals surface area (Å²) in [6.45, 7) is 1.15. The Morgan fingerprint density at radius 2 is 1.90 bits per heavy atom. The van der Waals surface area contributed by atoms with Crippen LogP contribution in [0, 0.1) is 0 Å². The number of amides is 1. The molecular formula is C15H17N3O2. The Balaban J connectivity index is 2.01. The van der Waals surface area contributed by atoms with Gasteiger partial charge in [0.05, 0.1) is 7.11 Å². The second-order valence-electron chi connectivity index (χ2n) is 4.30. The van der Waals surface area contributed by atoms with Gasteiger partial charge in [0.2, 0.25) is 11.8 Å². The van der Waals surface area contributed by atoms with Crippen LogP contribution in [-0.4, -0.2) is 18.0 Å². The number of nitrogens with one attached hydrogen (secondary N) is 1. The summed E-state index contributed by atoms with van der Waals surface area (Å²) in [7, 11) is 1.59. The number of pyridine rings is 1. The van der Waals surface area contributed by atoms with Crippen LogP contribution in [-0.2, 0) is 13.1 Å². The van der Waals surface area contributed by atoms with Crippen molar-refractivity contribution >= 4 is 5.91 Å². The van der Waals surface area contributed by atoms with Gasteiger partial charge in [-0.1, -0.05) is 24.3 Å². The Morgan fingerprint density at radius 1 is 1.20 bits per heavy atom. The topological polar surface area (TPSA) is 77.2 Å². The Labute approximate surface area is 117 Å². The van der Waals surface area contributed by atoms with E-state index < -0.39 is 5.91 Å². The van der Waals surface area contributed by atoms with E-state index in [0.717, 1.165) is 11.1 Å². The number of nitrogens with two attached hydrogens (primary N) is 1. The highest BCUT2D eigenvalue weighted by Crippen LogP contribution is 2.14. The predicted octanol–water partition coefficient (Wildman–Crippen LogP) is 1.48. The molecular weight excluding hydrogens is 254 g/mol. The molecule has 0 bridgehead atoms. The van der Waals surface area contributed by atoms with Crippen LogP contribution in [0.25, 0.3) is 0 Å². The molecule has 0 aliphatic carbocycles. The van der Waals surface area contributed by atoms with Crippen LogP contribution >= 0.6 is 0 Å². The second-order valence-corrected chi connectivity index (χ2v) is 4.30. The molecule has 0 spiro atoms. The molecule has 0 aliphatic heterocycles. The van der Waals surface area contributed by atoms with E-state index >= 15 is 0 Å². The molecule has 3 N–H and O–H groups in total. The Bertz CT molecular complexity index is 599. The first kappa shape index (κ1) is 14.0. The fourth-order valence-electron chi connectivity index (χ4n) is 1.99. The number of nitrogens with zero attached hydrogens (tertiary/aromatic N) is 1. The third kappa shape index (κ3) is 3.33. The number of rotatable bonds is 6. The zero-order valence-corrected chi connectivity index (χ0v) is 11.3. The molecule has 0 atom stereocenters. The third-order valence-electron chi connectivity index (χ3n) is 2.96. The molecule has 1 heterocycles. The van der Waals surface area contributed by atoms with E-state index in [-0.39, 0.29) is 0 Å². The van der Waals surface area contributed by atoms with Crippen molar-refractivity contribution in [2.24, 2.45) is 5.73 Å². The van der Waals surface area contributed by atoms with Gasteiger partial charge in [-0.25, -0.2) is 4.98 Å². The number of hydrogen-bond acceptors (Lipinski definition) is 4. The van der Waals surface area contributed by atoms with E-state index in [1.807, 2.05) is 24.3 Å². The van der Waals surface area contributed by atoms with Crippen molar-refractivity contribution in [2.45, 2.75) is 13.1 Å². The first-order valence-corrected chi connectivity index (χ1v) is 6.28. The van der Waals surface area contributed by atoms with Gasteiger partial charge in [0.1, 0.15) is 0 Å². The van der Waals surface area contributed by atoms with Crippen LogP contribution in [0.4, 0.5) is 0 Å². The van der Waals surface area contributed by atoms with E-state index in [1.165, 1.54) is 0 Å². The zero-order valence-electron chi connectivity index (χ0n) is 11.3. The van der Waals surface area contributed by atoms with E-state index in [0.29, 0.717) is 24.5 Å². The van der Waals surface area contributed by atoms with Crippen LogP contribution in [0.15, 0.2) is 42.6 Å². The number of primary amides is 1. The minimum atomic E-state index is -0.415. The average Bonchev–Trinajstić information content (AvgIpc) is 2.48. The molecule has 0 unspecified atom stereocenters. The highest BCUT2D eigenvalue weighted by molar-refractivity contribution is 5.94. The van der Waals surface area contributed by atoms with Gasteiger partial charge in [0, 0.05) is 30.4 Å². The highest BCUT2D eigenvalue weighted by atomic mass is 16.5. The number of benzene rings is 1. The molecule has 5 nitrogen and oxygen atoms in total. The average molecular weight is 271 g/mol. The number of aromatic nitrogens is 1. The monoisotopic (exact) mass is 271 g/mol. The van der Waals surface area contributed by atoms with Crippen molar-refractivity contribution in [1.82, 2.24) is 10.3 Å². The van der Waals surface area contributed by atoms with E-state index in [2.05, 4.69) is 10.3 Å². The summed E-state index contributed by atoms with van der Waals surface area (Å²) in [5, 5.41) is 3.26. The molecule has 0 saturated heterocycles. The van der Waals surface area contributed by atoms with Gasteiger partial charge in [0.25, 0.3) is 0 Å². The first-order valence-electron chi connectivity index (χ1n) is 6.28. The van der Waals surface area contributed by atoms with Gasteiger partial charge in [-0.15, -0.1) is 0 Å². The summed E-state index contributed by atoms with van der Waals surface area (Å²) in [6.07, 6.45) is 1.69. The summed E-state index contributed by atoms with van der Waals surface area (Å²) in [5.74, 6) is 0.185. The third-order valence-corrected chi connectivity index (χ3v) is 2.96. The normalized spacial score (nSPS) is 10.2. The summed E-state index contributed by atoms with van der Waals surface area (Å²) in [4.78, 5) is 15.5. The molecule has 0 aliphatic rings. The summed E-state index contributed by atoms with van der Waals surface area (Å²) in [6, 6.07) is 11.1. The lowest BCUT2D eigenvalue weighted by molar-refractivity contribution is 0.0999. The number of carbonyl (C=O) groups excluding carboxylic acids is 1. The standard InChI is InChI=1S/C15H17N3O2/c1-20-15-12(6-4-8-18-15)10-17-9-11-5-2-3-7-13(11)14(16)19/h2-8,17H,9-10H2,1H3,(H2,16,19). The van der Waals surface area contributed by atoms with Gasteiger partial charge >= 0.3 is 0 Å². The lowest BCUT2D eigenvalue weighted by atomic mass is 10.1. The van der Waals surface area contributed by atoms with Crippen LogP contribution in [0.5, 0.6) is 5.88 Å². The molecule has 1 aromatic carbocycles. The molecule has 104 valence electrons. The van der Waals surface area contributed by atoms with Crippen LogP contribution in [0.3, 0.4) is 0 Å². The molecule has 5 heteroatoms. The Hall–Kier alpha value is -2.40. The largest absolute Gasteiger partial charge is 0.481 e. The van der Waals surface area contributed by atoms with Gasteiger partial charge in [-0.05, 0) is 17.7 Å². The van der Waals surface area contributed by atoms with Crippen molar-refractivity contribution in [3.8, 4) is 5.88 Å². The van der Waals surface area contributed by atoms with Crippen LogP contribution in [0.2, 0.25) is 0 Å². The quantitative estimate of drug-likeness (QED) is 0.834. The maximum Gasteiger partial charge on any atom is 0.249 e. The van der Waals surface area contributed by atoms with Crippen molar-refractivity contribution in [3.05, 3.63) is 59.3 Å². The second kappa shape index (κ2) is 6.68. The number of methoxy groups -OCH3 is 1. The summed E-state index contributed by atoms with van der Waals surface area (Å²) < 4.78 is 5.18. The Morgan fingerprint density at radius 3 is 2.65 bits per heavy atom. The molecule has 0 fully saturated rings. The van der Waals surface area contributed by atoms with Gasteiger partial charge in [-0.3, -0.25) is 4.79 Å². The first-order chi connectivity index (χ1) is 9.72. The van der Waals surface area contributed by atoms with Crippen LogP contribution < -0.4 is 15.8 Å². The zero-order chi connectivity index (χ0) is 14.4. The fourth-order valence-corrected chi connectivity index (χ4v) is 1.99. The molecule has 0 saturated carbocycles. The van der Waals surface area contributed by atoms with Crippen molar-refractivity contribution in [1.29, 1.82) is 0 Å². The summed E-state index contributed by atoms with van der Waals surface area (Å²) >= 11 is 0. The van der Waals surface area contributed by atoms with E-state index in [9.17, 15) is 4.79 Å². The predicted molar refractivity (Wildman–Crippen MR) is 76.3 cm³/mol.